The van der Waals surface area contributed by atoms with Gasteiger partial charge in [0.1, 0.15) is 5.75 Å². The normalized spacial score (nSPS) is 14.7. The van der Waals surface area contributed by atoms with Crippen LogP contribution in [0, 0.1) is 13.8 Å². The number of carbonyl (C=O) groups is 2. The minimum atomic E-state index is -0.974. The molecule has 1 heterocycles. The van der Waals surface area contributed by atoms with E-state index < -0.39 is 12.1 Å². The smallest absolute Gasteiger partial charge is 0.344 e. The minimum Gasteiger partial charge on any atom is -0.479 e. The van der Waals surface area contributed by atoms with Crippen molar-refractivity contribution < 1.29 is 19.4 Å². The van der Waals surface area contributed by atoms with Crippen LogP contribution in [0.5, 0.6) is 5.75 Å². The molecule has 2 N–H and O–H groups in total. The van der Waals surface area contributed by atoms with Gasteiger partial charge in [0, 0.05) is 28.7 Å². The van der Waals surface area contributed by atoms with Crippen LogP contribution < -0.4 is 10.1 Å². The lowest BCUT2D eigenvalue weighted by molar-refractivity contribution is -0.144. The SMILES string of the molecule is Cc1c(C)n(Cc2ccc(C3CC3)c(O[C@@H](C)C(=O)O)c2)c2ccc(C(=O)N[C@@H](C)c3cccc(C(C)C)c3)cc12. The maximum Gasteiger partial charge on any atom is 0.344 e. The van der Waals surface area contributed by atoms with Crippen molar-refractivity contribution in [2.75, 3.05) is 0 Å². The molecule has 1 aromatic heterocycles. The van der Waals surface area contributed by atoms with E-state index in [0.717, 1.165) is 51.7 Å². The number of aryl methyl sites for hydroxylation is 1. The highest BCUT2D eigenvalue weighted by Gasteiger charge is 2.28. The van der Waals surface area contributed by atoms with Gasteiger partial charge in [0.15, 0.2) is 6.10 Å². The minimum absolute atomic E-state index is 0.0934. The number of rotatable bonds is 10. The lowest BCUT2D eigenvalue weighted by Gasteiger charge is -2.17. The molecule has 0 spiro atoms. The highest BCUT2D eigenvalue weighted by Crippen LogP contribution is 2.45. The average Bonchev–Trinajstić information content (AvgIpc) is 3.77. The van der Waals surface area contributed by atoms with E-state index in [2.05, 4.69) is 74.0 Å². The van der Waals surface area contributed by atoms with Crippen LogP contribution in [-0.2, 0) is 11.3 Å². The summed E-state index contributed by atoms with van der Waals surface area (Å²) in [4.78, 5) is 24.7. The molecular weight excluding hydrogens is 512 g/mol. The van der Waals surface area contributed by atoms with E-state index >= 15 is 0 Å². The van der Waals surface area contributed by atoms with Crippen molar-refractivity contribution in [3.8, 4) is 5.75 Å². The van der Waals surface area contributed by atoms with Gasteiger partial charge in [0.25, 0.3) is 5.91 Å². The van der Waals surface area contributed by atoms with E-state index in [0.29, 0.717) is 29.7 Å². The molecule has 0 saturated heterocycles. The molecule has 0 aliphatic heterocycles. The maximum absolute atomic E-state index is 13.3. The van der Waals surface area contributed by atoms with Gasteiger partial charge in [0.05, 0.1) is 6.04 Å². The highest BCUT2D eigenvalue weighted by atomic mass is 16.5. The van der Waals surface area contributed by atoms with Crippen molar-refractivity contribution in [1.82, 2.24) is 9.88 Å². The van der Waals surface area contributed by atoms with Gasteiger partial charge in [-0.1, -0.05) is 50.2 Å². The lowest BCUT2D eigenvalue weighted by Crippen LogP contribution is -2.26. The van der Waals surface area contributed by atoms with E-state index in [9.17, 15) is 14.7 Å². The number of aromatic nitrogens is 1. The van der Waals surface area contributed by atoms with E-state index in [1.54, 1.807) is 6.92 Å². The summed E-state index contributed by atoms with van der Waals surface area (Å²) in [5.41, 5.74) is 8.45. The zero-order valence-electron chi connectivity index (χ0n) is 24.8. The lowest BCUT2D eigenvalue weighted by atomic mass is 9.98. The third-order valence-electron chi connectivity index (χ3n) is 8.41. The van der Waals surface area contributed by atoms with Crippen LogP contribution in [0.3, 0.4) is 0 Å². The Morgan fingerprint density at radius 2 is 1.71 bits per heavy atom. The largest absolute Gasteiger partial charge is 0.479 e. The van der Waals surface area contributed by atoms with Crippen molar-refractivity contribution in [3.63, 3.8) is 0 Å². The third kappa shape index (κ3) is 6.02. The van der Waals surface area contributed by atoms with Crippen LogP contribution >= 0.6 is 0 Å². The van der Waals surface area contributed by atoms with Crippen LogP contribution in [-0.4, -0.2) is 27.7 Å². The first kappa shape index (κ1) is 28.5. The van der Waals surface area contributed by atoms with E-state index in [-0.39, 0.29) is 11.9 Å². The van der Waals surface area contributed by atoms with Gasteiger partial charge in [-0.3, -0.25) is 4.79 Å². The van der Waals surface area contributed by atoms with Gasteiger partial charge in [-0.25, -0.2) is 4.79 Å². The number of carboxylic acids is 1. The van der Waals surface area contributed by atoms with Crippen molar-refractivity contribution in [1.29, 1.82) is 0 Å². The third-order valence-corrected chi connectivity index (χ3v) is 8.41. The van der Waals surface area contributed by atoms with Crippen LogP contribution in [0.4, 0.5) is 0 Å². The number of benzene rings is 3. The Balaban J connectivity index is 1.39. The second kappa shape index (κ2) is 11.4. The first-order valence-corrected chi connectivity index (χ1v) is 14.6. The Morgan fingerprint density at radius 3 is 2.39 bits per heavy atom. The molecule has 3 aromatic carbocycles. The van der Waals surface area contributed by atoms with Crippen molar-refractivity contribution in [2.45, 2.75) is 84.9 Å². The number of nitrogens with zero attached hydrogens (tertiary/aromatic N) is 1. The number of ether oxygens (including phenoxy) is 1. The Labute approximate surface area is 242 Å². The van der Waals surface area contributed by atoms with E-state index in [1.807, 2.05) is 31.2 Å². The Bertz CT molecular complexity index is 1610. The average molecular weight is 553 g/mol. The summed E-state index contributed by atoms with van der Waals surface area (Å²) in [6.45, 7) is 12.7. The number of carboxylic acid groups (broad SMARTS) is 1. The molecule has 214 valence electrons. The fourth-order valence-corrected chi connectivity index (χ4v) is 5.48. The molecule has 1 fully saturated rings. The number of hydrogen-bond donors (Lipinski definition) is 2. The van der Waals surface area contributed by atoms with Crippen LogP contribution in [0.15, 0.2) is 60.7 Å². The van der Waals surface area contributed by atoms with Gasteiger partial charge < -0.3 is 19.7 Å². The van der Waals surface area contributed by atoms with Gasteiger partial charge in [0.2, 0.25) is 0 Å². The number of carbonyl (C=O) groups excluding carboxylic acids is 1. The Morgan fingerprint density at radius 1 is 0.976 bits per heavy atom. The van der Waals surface area contributed by atoms with Crippen molar-refractivity contribution >= 4 is 22.8 Å². The summed E-state index contributed by atoms with van der Waals surface area (Å²) >= 11 is 0. The zero-order valence-corrected chi connectivity index (χ0v) is 24.8. The Hall–Kier alpha value is -4.06. The van der Waals surface area contributed by atoms with E-state index in [1.165, 1.54) is 5.56 Å². The first-order valence-electron chi connectivity index (χ1n) is 14.6. The molecule has 1 aliphatic carbocycles. The molecule has 6 nitrogen and oxygen atoms in total. The molecule has 0 unspecified atom stereocenters. The first-order chi connectivity index (χ1) is 19.5. The van der Waals surface area contributed by atoms with Crippen LogP contribution in [0.25, 0.3) is 10.9 Å². The number of fused-ring (bicyclic) bond motifs is 1. The van der Waals surface area contributed by atoms with E-state index in [4.69, 9.17) is 4.74 Å². The summed E-state index contributed by atoms with van der Waals surface area (Å²) in [6, 6.07) is 20.4. The standard InChI is InChI=1S/C35H40N2O4/c1-20(2)27-8-7-9-28(17-27)22(4)36-34(38)29-13-15-32-31(18-29)21(3)23(5)37(32)19-25-10-14-30(26-11-12-26)33(16-25)41-24(6)35(39)40/h7-10,13-18,20,22,24,26H,11-12,19H2,1-6H3,(H,36,38)(H,39,40)/t22-,24-/m0/s1. The Kier molecular flexibility index (Phi) is 7.94. The van der Waals surface area contributed by atoms with Gasteiger partial charge in [-0.2, -0.15) is 0 Å². The molecule has 2 atom stereocenters. The second-order valence-corrected chi connectivity index (χ2v) is 11.8. The number of amides is 1. The number of hydrogen-bond acceptors (Lipinski definition) is 3. The van der Waals surface area contributed by atoms with Crippen LogP contribution in [0.1, 0.15) is 102 Å². The molecule has 0 bridgehead atoms. The monoisotopic (exact) mass is 552 g/mol. The zero-order chi connectivity index (χ0) is 29.4. The second-order valence-electron chi connectivity index (χ2n) is 11.8. The molecule has 1 amide bonds. The maximum atomic E-state index is 13.3. The van der Waals surface area contributed by atoms with Gasteiger partial charge >= 0.3 is 5.97 Å². The summed E-state index contributed by atoms with van der Waals surface area (Å²) in [7, 11) is 0. The highest BCUT2D eigenvalue weighted by molar-refractivity contribution is 5.99. The predicted molar refractivity (Wildman–Crippen MR) is 163 cm³/mol. The molecule has 4 aromatic rings. The summed E-state index contributed by atoms with van der Waals surface area (Å²) in [6.07, 6.45) is 1.30. The molecule has 1 saturated carbocycles. The molecular formula is C35H40N2O4. The predicted octanol–water partition coefficient (Wildman–Crippen LogP) is 7.65. The summed E-state index contributed by atoms with van der Waals surface area (Å²) < 4.78 is 8.13. The molecule has 5 rings (SSSR count). The molecule has 41 heavy (non-hydrogen) atoms. The van der Waals surface area contributed by atoms with Gasteiger partial charge in [-0.05, 0) is 104 Å². The topological polar surface area (TPSA) is 80.6 Å². The molecule has 1 aliphatic rings. The number of nitrogens with one attached hydrogen (secondary N) is 1. The fraction of sp³-hybridized carbons (Fsp3) is 0.371. The van der Waals surface area contributed by atoms with Crippen molar-refractivity contribution in [3.05, 3.63) is 99.7 Å². The summed E-state index contributed by atoms with van der Waals surface area (Å²) in [5, 5.41) is 13.6. The quantitative estimate of drug-likeness (QED) is 0.212. The van der Waals surface area contributed by atoms with Crippen molar-refractivity contribution in [2.24, 2.45) is 0 Å². The van der Waals surface area contributed by atoms with Crippen LogP contribution in [0.2, 0.25) is 0 Å². The molecule has 0 radical (unpaired) electrons. The molecule has 6 heteroatoms. The summed E-state index contributed by atoms with van der Waals surface area (Å²) in [5.74, 6) is 0.474. The fourth-order valence-electron chi connectivity index (χ4n) is 5.48. The number of aliphatic carboxylic acids is 1. The van der Waals surface area contributed by atoms with Gasteiger partial charge in [-0.15, -0.1) is 0 Å².